The predicted molar refractivity (Wildman–Crippen MR) is 78.9 cm³/mol. The molecule has 19 heavy (non-hydrogen) atoms. The topological polar surface area (TPSA) is 32.7 Å². The summed E-state index contributed by atoms with van der Waals surface area (Å²) in [6, 6.07) is 5.85. The molecule has 1 aromatic rings. The zero-order chi connectivity index (χ0) is 13.8. The Morgan fingerprint density at radius 3 is 2.79 bits per heavy atom. The van der Waals surface area contributed by atoms with Crippen molar-refractivity contribution in [3.05, 3.63) is 40.4 Å². The van der Waals surface area contributed by atoms with Crippen molar-refractivity contribution in [1.82, 2.24) is 0 Å². The summed E-state index contributed by atoms with van der Waals surface area (Å²) in [5, 5.41) is 10.2. The highest BCUT2D eigenvalue weighted by Crippen LogP contribution is 2.29. The van der Waals surface area contributed by atoms with Crippen LogP contribution < -0.4 is 4.90 Å². The van der Waals surface area contributed by atoms with Crippen molar-refractivity contribution >= 4 is 17.3 Å². The van der Waals surface area contributed by atoms with E-state index in [9.17, 15) is 5.11 Å². The summed E-state index contributed by atoms with van der Waals surface area (Å²) in [7, 11) is 1.72. The summed E-state index contributed by atoms with van der Waals surface area (Å²) in [5.41, 5.74) is 3.23. The minimum absolute atomic E-state index is 0.531. The average molecular weight is 282 g/mol. The van der Waals surface area contributed by atoms with E-state index in [4.69, 9.17) is 16.3 Å². The molecule has 1 unspecified atom stereocenters. The molecule has 0 aliphatic carbocycles. The van der Waals surface area contributed by atoms with E-state index in [1.54, 1.807) is 14.0 Å². The van der Waals surface area contributed by atoms with Crippen LogP contribution in [0.4, 0.5) is 5.69 Å². The van der Waals surface area contributed by atoms with Gasteiger partial charge in [0.15, 0.2) is 0 Å². The maximum atomic E-state index is 9.58. The maximum absolute atomic E-state index is 9.58. The molecule has 3 nitrogen and oxygen atoms in total. The third kappa shape index (κ3) is 3.50. The molecule has 0 saturated carbocycles. The molecule has 0 amide bonds. The predicted octanol–water partition coefficient (Wildman–Crippen LogP) is 3.18. The van der Waals surface area contributed by atoms with E-state index in [0.29, 0.717) is 5.02 Å². The molecular formula is C15H20ClNO2. The van der Waals surface area contributed by atoms with Crippen LogP contribution in [0.1, 0.15) is 25.0 Å². The van der Waals surface area contributed by atoms with Gasteiger partial charge in [0.05, 0.1) is 12.7 Å². The fraction of sp³-hybridized carbons (Fsp3) is 0.467. The van der Waals surface area contributed by atoms with Crippen LogP contribution in [-0.2, 0) is 4.74 Å². The van der Waals surface area contributed by atoms with Gasteiger partial charge in [-0.1, -0.05) is 23.7 Å². The van der Waals surface area contributed by atoms with Crippen LogP contribution in [0, 0.1) is 0 Å². The Morgan fingerprint density at radius 1 is 1.47 bits per heavy atom. The molecule has 1 aliphatic rings. The molecule has 0 saturated heterocycles. The number of hydrogen-bond acceptors (Lipinski definition) is 3. The van der Waals surface area contributed by atoms with Crippen molar-refractivity contribution in [1.29, 1.82) is 0 Å². The number of nitrogens with zero attached hydrogens (tertiary/aromatic N) is 1. The summed E-state index contributed by atoms with van der Waals surface area (Å²) in [5.74, 6) is 0. The van der Waals surface area contributed by atoms with Gasteiger partial charge < -0.3 is 14.7 Å². The Morgan fingerprint density at radius 2 is 2.26 bits per heavy atom. The molecule has 1 aliphatic heterocycles. The number of halogens is 1. The van der Waals surface area contributed by atoms with Gasteiger partial charge in [0, 0.05) is 30.9 Å². The Bertz CT molecular complexity index is 471. The van der Waals surface area contributed by atoms with Crippen molar-refractivity contribution in [2.24, 2.45) is 0 Å². The Balaban J connectivity index is 2.10. The molecule has 1 aromatic carbocycles. The van der Waals surface area contributed by atoms with Crippen molar-refractivity contribution in [2.45, 2.75) is 19.4 Å². The number of rotatable bonds is 4. The van der Waals surface area contributed by atoms with Crippen LogP contribution >= 0.6 is 11.6 Å². The molecular weight excluding hydrogens is 262 g/mol. The Hall–Kier alpha value is -1.03. The summed E-state index contributed by atoms with van der Waals surface area (Å²) < 4.78 is 5.15. The first-order chi connectivity index (χ1) is 9.11. The maximum Gasteiger partial charge on any atom is 0.0776 e. The molecule has 104 valence electrons. The normalized spacial score (nSPS) is 17.3. The monoisotopic (exact) mass is 281 g/mol. The highest BCUT2D eigenvalue weighted by atomic mass is 35.5. The molecule has 0 radical (unpaired) electrons. The second kappa shape index (κ2) is 6.42. The van der Waals surface area contributed by atoms with Gasteiger partial charge in [0.1, 0.15) is 0 Å². The molecule has 0 aromatic heterocycles. The second-order valence-corrected chi connectivity index (χ2v) is 5.28. The van der Waals surface area contributed by atoms with E-state index < -0.39 is 6.10 Å². The minimum Gasteiger partial charge on any atom is -0.389 e. The molecule has 2 rings (SSSR count). The Labute approximate surface area is 119 Å². The number of methoxy groups -OCH3 is 1. The fourth-order valence-corrected chi connectivity index (χ4v) is 2.65. The molecule has 0 bridgehead atoms. The third-order valence-corrected chi connectivity index (χ3v) is 3.76. The van der Waals surface area contributed by atoms with Crippen molar-refractivity contribution in [2.75, 3.05) is 31.7 Å². The lowest BCUT2D eigenvalue weighted by Gasteiger charge is -2.28. The molecule has 4 heteroatoms. The molecule has 0 fully saturated rings. The lowest BCUT2D eigenvalue weighted by Crippen LogP contribution is -2.29. The molecule has 1 heterocycles. The van der Waals surface area contributed by atoms with Crippen LogP contribution in [0.3, 0.4) is 0 Å². The first-order valence-electron chi connectivity index (χ1n) is 6.51. The summed E-state index contributed by atoms with van der Waals surface area (Å²) >= 11 is 6.20. The van der Waals surface area contributed by atoms with E-state index in [2.05, 4.69) is 11.0 Å². The van der Waals surface area contributed by atoms with Crippen molar-refractivity contribution < 1.29 is 9.84 Å². The van der Waals surface area contributed by atoms with E-state index in [1.165, 1.54) is 5.57 Å². The zero-order valence-electron chi connectivity index (χ0n) is 11.4. The number of aliphatic hydroxyl groups is 1. The number of anilines is 1. The number of benzene rings is 1. The van der Waals surface area contributed by atoms with Gasteiger partial charge in [-0.15, -0.1) is 0 Å². The third-order valence-electron chi connectivity index (χ3n) is 3.43. The van der Waals surface area contributed by atoms with Crippen LogP contribution in [0.5, 0.6) is 0 Å². The van der Waals surface area contributed by atoms with E-state index in [1.807, 2.05) is 18.2 Å². The van der Waals surface area contributed by atoms with Crippen molar-refractivity contribution in [3.63, 3.8) is 0 Å². The summed E-state index contributed by atoms with van der Waals surface area (Å²) in [6.07, 6.45) is 2.70. The van der Waals surface area contributed by atoms with Gasteiger partial charge in [-0.25, -0.2) is 0 Å². The van der Waals surface area contributed by atoms with Crippen LogP contribution in [0.25, 0.3) is 0 Å². The standard InChI is InChI=1S/C15H20ClNO2/c1-11(18)14-4-3-13(9-15(14)16)17-7-5-12(6-8-17)10-19-2/h3-5,9,11,18H,6-8,10H2,1-2H3. The van der Waals surface area contributed by atoms with Gasteiger partial charge in [0.2, 0.25) is 0 Å². The zero-order valence-corrected chi connectivity index (χ0v) is 12.2. The quantitative estimate of drug-likeness (QED) is 0.861. The van der Waals surface area contributed by atoms with E-state index >= 15 is 0 Å². The second-order valence-electron chi connectivity index (χ2n) is 4.87. The van der Waals surface area contributed by atoms with Gasteiger partial charge in [-0.2, -0.15) is 0 Å². The largest absolute Gasteiger partial charge is 0.389 e. The van der Waals surface area contributed by atoms with Gasteiger partial charge in [0.25, 0.3) is 0 Å². The molecule has 1 atom stereocenters. The first kappa shape index (κ1) is 14.4. The number of aliphatic hydroxyl groups excluding tert-OH is 1. The smallest absolute Gasteiger partial charge is 0.0776 e. The highest BCUT2D eigenvalue weighted by molar-refractivity contribution is 6.31. The first-order valence-corrected chi connectivity index (χ1v) is 6.89. The van der Waals surface area contributed by atoms with Crippen LogP contribution in [0.2, 0.25) is 5.02 Å². The number of ether oxygens (including phenoxy) is 1. The van der Waals surface area contributed by atoms with E-state index in [0.717, 1.165) is 37.4 Å². The van der Waals surface area contributed by atoms with Gasteiger partial charge in [-0.3, -0.25) is 0 Å². The fourth-order valence-electron chi connectivity index (χ4n) is 2.31. The Kier molecular flexibility index (Phi) is 4.86. The molecule has 1 N–H and O–H groups in total. The van der Waals surface area contributed by atoms with Crippen molar-refractivity contribution in [3.8, 4) is 0 Å². The molecule has 0 spiro atoms. The minimum atomic E-state index is -0.531. The van der Waals surface area contributed by atoms with E-state index in [-0.39, 0.29) is 0 Å². The number of hydrogen-bond donors (Lipinski definition) is 1. The van der Waals surface area contributed by atoms with Gasteiger partial charge in [-0.05, 0) is 36.6 Å². The lowest BCUT2D eigenvalue weighted by molar-refractivity contribution is 0.199. The lowest BCUT2D eigenvalue weighted by atomic mass is 10.1. The summed E-state index contributed by atoms with van der Waals surface area (Å²) in [6.45, 7) is 4.29. The van der Waals surface area contributed by atoms with Crippen LogP contribution in [0.15, 0.2) is 29.8 Å². The SMILES string of the molecule is COCC1=CCN(c2ccc(C(C)O)c(Cl)c2)CC1. The summed E-state index contributed by atoms with van der Waals surface area (Å²) in [4.78, 5) is 2.27. The average Bonchev–Trinajstić information content (AvgIpc) is 2.39. The van der Waals surface area contributed by atoms with Gasteiger partial charge >= 0.3 is 0 Å². The highest BCUT2D eigenvalue weighted by Gasteiger charge is 2.14. The van der Waals surface area contributed by atoms with Crippen LogP contribution in [-0.4, -0.2) is 31.9 Å².